The van der Waals surface area contributed by atoms with Crippen molar-refractivity contribution >= 4 is 27.5 Å². The number of anilines is 1. The quantitative estimate of drug-likeness (QED) is 0.794. The molecule has 1 aliphatic heterocycles. The molecule has 1 aromatic carbocycles. The van der Waals surface area contributed by atoms with Crippen LogP contribution in [0.1, 0.15) is 61.7 Å². The van der Waals surface area contributed by atoms with Crippen LogP contribution in [0.2, 0.25) is 0 Å². The lowest BCUT2D eigenvalue weighted by atomic mass is 9.93. The Labute approximate surface area is 165 Å². The van der Waals surface area contributed by atoms with Gasteiger partial charge in [0.05, 0.1) is 11.3 Å². The number of amides is 1. The smallest absolute Gasteiger partial charge is 0.253 e. The van der Waals surface area contributed by atoms with Gasteiger partial charge >= 0.3 is 0 Å². The Kier molecular flexibility index (Phi) is 5.84. The fourth-order valence-electron chi connectivity index (χ4n) is 4.55. The van der Waals surface area contributed by atoms with Gasteiger partial charge in [-0.15, -0.1) is 0 Å². The molecular weight excluding hydrogens is 390 g/mol. The molecule has 0 spiro atoms. The molecule has 5 heteroatoms. The standard InChI is InChI=1S/C21H30BrN3O/c22-16-9-10-19(21(26)23-17-5-4-6-17)20(15-16)25-13-11-24(12-14-25)18-7-2-1-3-8-18/h9-10,15,17-18H,1-8,11-14H2,(H,23,26). The Morgan fingerprint density at radius 2 is 1.69 bits per heavy atom. The summed E-state index contributed by atoms with van der Waals surface area (Å²) in [6.07, 6.45) is 10.4. The second-order valence-electron chi connectivity index (χ2n) is 8.08. The fraction of sp³-hybridized carbons (Fsp3) is 0.667. The van der Waals surface area contributed by atoms with Crippen LogP contribution < -0.4 is 10.2 Å². The van der Waals surface area contributed by atoms with Crippen LogP contribution in [0.5, 0.6) is 0 Å². The van der Waals surface area contributed by atoms with Gasteiger partial charge in [-0.2, -0.15) is 0 Å². The largest absolute Gasteiger partial charge is 0.368 e. The number of nitrogens with one attached hydrogen (secondary N) is 1. The predicted molar refractivity (Wildman–Crippen MR) is 110 cm³/mol. The van der Waals surface area contributed by atoms with Crippen LogP contribution in [-0.2, 0) is 0 Å². The molecule has 1 amide bonds. The van der Waals surface area contributed by atoms with Gasteiger partial charge in [0.15, 0.2) is 0 Å². The van der Waals surface area contributed by atoms with Gasteiger partial charge in [0.2, 0.25) is 0 Å². The number of piperazine rings is 1. The number of carbonyl (C=O) groups excluding carboxylic acids is 1. The van der Waals surface area contributed by atoms with E-state index in [-0.39, 0.29) is 5.91 Å². The summed E-state index contributed by atoms with van der Waals surface area (Å²) in [5, 5.41) is 3.20. The van der Waals surface area contributed by atoms with Crippen molar-refractivity contribution in [2.75, 3.05) is 31.1 Å². The molecule has 2 saturated carbocycles. The topological polar surface area (TPSA) is 35.6 Å². The van der Waals surface area contributed by atoms with E-state index in [1.54, 1.807) is 0 Å². The van der Waals surface area contributed by atoms with Crippen molar-refractivity contribution in [3.63, 3.8) is 0 Å². The van der Waals surface area contributed by atoms with Crippen LogP contribution in [0.25, 0.3) is 0 Å². The first kappa shape index (κ1) is 18.3. The van der Waals surface area contributed by atoms with Crippen LogP contribution in [0, 0.1) is 0 Å². The van der Waals surface area contributed by atoms with Crippen molar-refractivity contribution in [1.82, 2.24) is 10.2 Å². The van der Waals surface area contributed by atoms with Crippen molar-refractivity contribution < 1.29 is 4.79 Å². The molecule has 0 aromatic heterocycles. The van der Waals surface area contributed by atoms with Crippen molar-refractivity contribution in [3.8, 4) is 0 Å². The lowest BCUT2D eigenvalue weighted by molar-refractivity contribution is 0.0917. The highest BCUT2D eigenvalue weighted by Gasteiger charge is 2.28. The van der Waals surface area contributed by atoms with Gasteiger partial charge in [-0.3, -0.25) is 9.69 Å². The van der Waals surface area contributed by atoms with Crippen molar-refractivity contribution in [2.24, 2.45) is 0 Å². The van der Waals surface area contributed by atoms with E-state index in [2.05, 4.69) is 37.1 Å². The normalized spacial score (nSPS) is 22.9. The van der Waals surface area contributed by atoms with Crippen molar-refractivity contribution in [3.05, 3.63) is 28.2 Å². The molecule has 1 N–H and O–H groups in total. The molecular formula is C21H30BrN3O. The minimum absolute atomic E-state index is 0.0897. The highest BCUT2D eigenvalue weighted by molar-refractivity contribution is 9.10. The summed E-state index contributed by atoms with van der Waals surface area (Å²) < 4.78 is 1.04. The van der Waals surface area contributed by atoms with Gasteiger partial charge < -0.3 is 10.2 Å². The van der Waals surface area contributed by atoms with Gasteiger partial charge in [0.1, 0.15) is 0 Å². The maximum absolute atomic E-state index is 12.8. The number of hydrogen-bond donors (Lipinski definition) is 1. The third-order valence-electron chi connectivity index (χ3n) is 6.39. The van der Waals surface area contributed by atoms with E-state index in [4.69, 9.17) is 0 Å². The zero-order chi connectivity index (χ0) is 17.9. The van der Waals surface area contributed by atoms with Crippen molar-refractivity contribution in [1.29, 1.82) is 0 Å². The molecule has 1 heterocycles. The summed E-state index contributed by atoms with van der Waals surface area (Å²) in [5.41, 5.74) is 1.91. The molecule has 0 atom stereocenters. The first-order valence-electron chi connectivity index (χ1n) is 10.3. The van der Waals surface area contributed by atoms with Crippen LogP contribution in [0.3, 0.4) is 0 Å². The first-order chi connectivity index (χ1) is 12.7. The summed E-state index contributed by atoms with van der Waals surface area (Å²) in [6.45, 7) is 4.25. The molecule has 0 unspecified atom stereocenters. The highest BCUT2D eigenvalue weighted by Crippen LogP contribution is 2.29. The molecule has 2 aliphatic carbocycles. The maximum Gasteiger partial charge on any atom is 0.253 e. The summed E-state index contributed by atoms with van der Waals surface area (Å²) in [4.78, 5) is 17.9. The molecule has 4 rings (SSSR count). The Balaban J connectivity index is 1.43. The Bertz CT molecular complexity index is 632. The number of benzene rings is 1. The lowest BCUT2D eigenvalue weighted by Gasteiger charge is -2.42. The fourth-order valence-corrected chi connectivity index (χ4v) is 4.90. The van der Waals surface area contributed by atoms with E-state index >= 15 is 0 Å². The van der Waals surface area contributed by atoms with E-state index in [1.807, 2.05) is 12.1 Å². The molecule has 3 fully saturated rings. The predicted octanol–water partition coefficient (Wildman–Crippen LogP) is 4.19. The average molecular weight is 420 g/mol. The molecule has 0 bridgehead atoms. The third-order valence-corrected chi connectivity index (χ3v) is 6.88. The van der Waals surface area contributed by atoms with E-state index < -0.39 is 0 Å². The molecule has 142 valence electrons. The molecule has 1 saturated heterocycles. The van der Waals surface area contributed by atoms with Gasteiger partial charge in [0, 0.05) is 42.7 Å². The minimum Gasteiger partial charge on any atom is -0.368 e. The monoisotopic (exact) mass is 419 g/mol. The summed E-state index contributed by atoms with van der Waals surface area (Å²) in [7, 11) is 0. The first-order valence-corrected chi connectivity index (χ1v) is 11.1. The zero-order valence-electron chi connectivity index (χ0n) is 15.6. The van der Waals surface area contributed by atoms with Crippen molar-refractivity contribution in [2.45, 2.75) is 63.5 Å². The van der Waals surface area contributed by atoms with Crippen LogP contribution in [0.4, 0.5) is 5.69 Å². The van der Waals surface area contributed by atoms with E-state index in [9.17, 15) is 4.79 Å². The third kappa shape index (κ3) is 4.09. The Morgan fingerprint density at radius 3 is 2.35 bits per heavy atom. The molecule has 26 heavy (non-hydrogen) atoms. The zero-order valence-corrected chi connectivity index (χ0v) is 17.1. The van der Waals surface area contributed by atoms with Gasteiger partial charge in [-0.1, -0.05) is 35.2 Å². The Morgan fingerprint density at radius 1 is 0.962 bits per heavy atom. The summed E-state index contributed by atoms with van der Waals surface area (Å²) >= 11 is 3.59. The summed E-state index contributed by atoms with van der Waals surface area (Å²) in [5.74, 6) is 0.0897. The molecule has 0 radical (unpaired) electrons. The second-order valence-corrected chi connectivity index (χ2v) is 8.99. The van der Waals surface area contributed by atoms with E-state index in [0.717, 1.165) is 60.8 Å². The molecule has 4 nitrogen and oxygen atoms in total. The molecule has 3 aliphatic rings. The number of nitrogens with zero attached hydrogens (tertiary/aromatic N) is 2. The van der Waals surface area contributed by atoms with Crippen LogP contribution >= 0.6 is 15.9 Å². The van der Waals surface area contributed by atoms with E-state index in [1.165, 1.54) is 38.5 Å². The Hall–Kier alpha value is -1.07. The minimum atomic E-state index is 0.0897. The van der Waals surface area contributed by atoms with Crippen LogP contribution in [-0.4, -0.2) is 49.1 Å². The van der Waals surface area contributed by atoms with E-state index in [0.29, 0.717) is 6.04 Å². The summed E-state index contributed by atoms with van der Waals surface area (Å²) in [6, 6.07) is 7.24. The number of hydrogen-bond acceptors (Lipinski definition) is 3. The number of halogens is 1. The van der Waals surface area contributed by atoms with Gasteiger partial charge in [-0.25, -0.2) is 0 Å². The number of carbonyl (C=O) groups is 1. The van der Waals surface area contributed by atoms with Crippen LogP contribution in [0.15, 0.2) is 22.7 Å². The second kappa shape index (κ2) is 8.30. The number of rotatable bonds is 4. The highest BCUT2D eigenvalue weighted by atomic mass is 79.9. The SMILES string of the molecule is O=C(NC1CCC1)c1ccc(Br)cc1N1CCN(C2CCCCC2)CC1. The average Bonchev–Trinajstić information content (AvgIpc) is 2.65. The maximum atomic E-state index is 12.8. The molecule has 1 aromatic rings. The van der Waals surface area contributed by atoms with Gasteiger partial charge in [0.25, 0.3) is 5.91 Å². The van der Waals surface area contributed by atoms with Gasteiger partial charge in [-0.05, 0) is 50.3 Å². The lowest BCUT2D eigenvalue weighted by Crippen LogP contribution is -2.51.